The molecule has 62 heavy (non-hydrogen) atoms. The molecule has 0 aliphatic heterocycles. The zero-order valence-corrected chi connectivity index (χ0v) is 34.1. The normalized spacial score (nSPS) is 11.2. The van der Waals surface area contributed by atoms with Crippen molar-refractivity contribution in [3.8, 4) is 61.3 Å². The number of nitrogens with zero attached hydrogens (tertiary/aromatic N) is 2. The molecule has 0 saturated carbocycles. The zero-order valence-electron chi connectivity index (χ0n) is 34.1. The Morgan fingerprint density at radius 3 is 1.27 bits per heavy atom. The molecular formula is C60H42N2. The Bertz CT molecular complexity index is 3240. The lowest BCUT2D eigenvalue weighted by molar-refractivity contribution is 1.18. The van der Waals surface area contributed by atoms with Crippen molar-refractivity contribution in [2.24, 2.45) is 0 Å². The fourth-order valence-corrected chi connectivity index (χ4v) is 8.96. The fourth-order valence-electron chi connectivity index (χ4n) is 8.96. The van der Waals surface area contributed by atoms with E-state index in [4.69, 9.17) is 0 Å². The van der Waals surface area contributed by atoms with E-state index in [2.05, 4.69) is 264 Å². The van der Waals surface area contributed by atoms with Crippen LogP contribution in [0.25, 0.3) is 83.1 Å². The number of anilines is 3. The Balaban J connectivity index is 1.09. The summed E-state index contributed by atoms with van der Waals surface area (Å²) in [6.45, 7) is 0. The summed E-state index contributed by atoms with van der Waals surface area (Å²) in [5.41, 5.74) is 18.6. The van der Waals surface area contributed by atoms with Crippen molar-refractivity contribution in [1.82, 2.24) is 4.57 Å². The van der Waals surface area contributed by atoms with Gasteiger partial charge in [0, 0.05) is 33.4 Å². The lowest BCUT2D eigenvalue weighted by Gasteiger charge is -2.28. The summed E-state index contributed by atoms with van der Waals surface area (Å²) >= 11 is 0. The number of hydrogen-bond acceptors (Lipinski definition) is 1. The molecule has 292 valence electrons. The predicted molar refractivity (Wildman–Crippen MR) is 263 cm³/mol. The molecule has 0 unspecified atom stereocenters. The molecule has 0 bridgehead atoms. The average Bonchev–Trinajstić information content (AvgIpc) is 3.69. The van der Waals surface area contributed by atoms with Crippen molar-refractivity contribution >= 4 is 38.9 Å². The van der Waals surface area contributed by atoms with Crippen LogP contribution >= 0.6 is 0 Å². The number of benzene rings is 10. The summed E-state index contributed by atoms with van der Waals surface area (Å²) in [6.07, 6.45) is 0. The van der Waals surface area contributed by atoms with E-state index < -0.39 is 0 Å². The van der Waals surface area contributed by atoms with Gasteiger partial charge in [0.2, 0.25) is 0 Å². The van der Waals surface area contributed by atoms with E-state index in [0.29, 0.717) is 0 Å². The zero-order chi connectivity index (χ0) is 41.2. The molecule has 0 spiro atoms. The summed E-state index contributed by atoms with van der Waals surface area (Å²) in [6, 6.07) is 92.2. The topological polar surface area (TPSA) is 8.17 Å². The maximum atomic E-state index is 2.43. The minimum absolute atomic E-state index is 1.08. The van der Waals surface area contributed by atoms with Crippen LogP contribution in [0.2, 0.25) is 0 Å². The van der Waals surface area contributed by atoms with Crippen LogP contribution in [-0.2, 0) is 0 Å². The highest BCUT2D eigenvalue weighted by Gasteiger charge is 2.21. The number of para-hydroxylation sites is 3. The first kappa shape index (κ1) is 36.8. The highest BCUT2D eigenvalue weighted by atomic mass is 15.1. The molecule has 0 amide bonds. The van der Waals surface area contributed by atoms with Gasteiger partial charge in [0.25, 0.3) is 0 Å². The van der Waals surface area contributed by atoms with Crippen LogP contribution in [0.1, 0.15) is 0 Å². The van der Waals surface area contributed by atoms with Gasteiger partial charge in [-0.15, -0.1) is 0 Å². The van der Waals surface area contributed by atoms with Crippen molar-refractivity contribution in [3.63, 3.8) is 0 Å². The fraction of sp³-hybridized carbons (Fsp3) is 0. The Morgan fingerprint density at radius 1 is 0.258 bits per heavy atom. The Morgan fingerprint density at radius 2 is 0.677 bits per heavy atom. The minimum Gasteiger partial charge on any atom is -0.310 e. The maximum Gasteiger partial charge on any atom is 0.0542 e. The van der Waals surface area contributed by atoms with Gasteiger partial charge in [-0.25, -0.2) is 0 Å². The number of hydrogen-bond donors (Lipinski definition) is 0. The van der Waals surface area contributed by atoms with Crippen molar-refractivity contribution in [2.45, 2.75) is 0 Å². The summed E-state index contributed by atoms with van der Waals surface area (Å²) < 4.78 is 2.38. The van der Waals surface area contributed by atoms with Gasteiger partial charge in [-0.05, 0) is 123 Å². The van der Waals surface area contributed by atoms with Crippen molar-refractivity contribution in [2.75, 3.05) is 4.90 Å². The third kappa shape index (κ3) is 6.94. The Labute approximate surface area is 362 Å². The smallest absolute Gasteiger partial charge is 0.0542 e. The number of aromatic nitrogens is 1. The largest absolute Gasteiger partial charge is 0.310 e. The molecule has 0 aliphatic rings. The summed E-state index contributed by atoms with van der Waals surface area (Å²) in [5.74, 6) is 0. The molecule has 0 atom stereocenters. The number of rotatable bonds is 9. The standard InChI is InChI=1S/C60H42N2/c1-5-17-43(18-6-1)46-29-31-47(32-30-46)48-33-35-53(36-34-48)61(54-37-38-60-57(42-54)56-26-14-16-28-59(56)62(60)52-23-11-4-12-24-52)58-27-15-13-25-55(58)51-40-49(44-19-7-2-8-20-44)39-50(41-51)45-21-9-3-10-22-45/h1-42H. The molecule has 0 saturated heterocycles. The van der Waals surface area contributed by atoms with Crippen LogP contribution in [0.3, 0.4) is 0 Å². The molecule has 11 rings (SSSR count). The van der Waals surface area contributed by atoms with Crippen molar-refractivity contribution < 1.29 is 0 Å². The maximum absolute atomic E-state index is 2.43. The first-order chi connectivity index (χ1) is 30.7. The molecule has 0 radical (unpaired) electrons. The van der Waals surface area contributed by atoms with Gasteiger partial charge in [0.1, 0.15) is 0 Å². The van der Waals surface area contributed by atoms with Crippen LogP contribution in [0.4, 0.5) is 17.1 Å². The SMILES string of the molecule is c1ccc(-c2ccc(-c3ccc(N(c4ccc5c(c4)c4ccccc4n5-c4ccccc4)c4ccccc4-c4cc(-c5ccccc5)cc(-c5ccccc5)c4)cc3)cc2)cc1. The van der Waals surface area contributed by atoms with Gasteiger partial charge >= 0.3 is 0 Å². The highest BCUT2D eigenvalue weighted by Crippen LogP contribution is 2.45. The molecule has 10 aromatic carbocycles. The first-order valence-corrected chi connectivity index (χ1v) is 21.3. The van der Waals surface area contributed by atoms with E-state index in [-0.39, 0.29) is 0 Å². The second-order valence-corrected chi connectivity index (χ2v) is 15.8. The lowest BCUT2D eigenvalue weighted by Crippen LogP contribution is -2.11. The predicted octanol–water partition coefficient (Wildman–Crippen LogP) is 16.6. The van der Waals surface area contributed by atoms with Crippen LogP contribution in [0.15, 0.2) is 255 Å². The van der Waals surface area contributed by atoms with Crippen LogP contribution in [-0.4, -0.2) is 4.57 Å². The monoisotopic (exact) mass is 790 g/mol. The highest BCUT2D eigenvalue weighted by molar-refractivity contribution is 6.11. The molecule has 11 aromatic rings. The van der Waals surface area contributed by atoms with Gasteiger partial charge in [0.15, 0.2) is 0 Å². The molecule has 0 N–H and O–H groups in total. The molecule has 1 aromatic heterocycles. The van der Waals surface area contributed by atoms with Gasteiger partial charge in [-0.1, -0.05) is 182 Å². The van der Waals surface area contributed by atoms with E-state index in [0.717, 1.165) is 33.9 Å². The summed E-state index contributed by atoms with van der Waals surface area (Å²) in [7, 11) is 0. The molecular weight excluding hydrogens is 749 g/mol. The van der Waals surface area contributed by atoms with E-state index in [1.165, 1.54) is 66.3 Å². The third-order valence-electron chi connectivity index (χ3n) is 12.0. The van der Waals surface area contributed by atoms with E-state index in [1.54, 1.807) is 0 Å². The Hall–Kier alpha value is -8.20. The number of fused-ring (bicyclic) bond motifs is 3. The quantitative estimate of drug-likeness (QED) is 0.141. The second kappa shape index (κ2) is 16.1. The van der Waals surface area contributed by atoms with Gasteiger partial charge in [0.05, 0.1) is 16.7 Å². The molecule has 2 heteroatoms. The lowest BCUT2D eigenvalue weighted by atomic mass is 9.92. The van der Waals surface area contributed by atoms with E-state index in [9.17, 15) is 0 Å². The van der Waals surface area contributed by atoms with Crippen LogP contribution in [0, 0.1) is 0 Å². The molecule has 2 nitrogen and oxygen atoms in total. The van der Waals surface area contributed by atoms with Gasteiger partial charge in [-0.2, -0.15) is 0 Å². The van der Waals surface area contributed by atoms with Crippen LogP contribution in [0.5, 0.6) is 0 Å². The summed E-state index contributed by atoms with van der Waals surface area (Å²) in [4.78, 5) is 2.43. The van der Waals surface area contributed by atoms with Crippen molar-refractivity contribution in [1.29, 1.82) is 0 Å². The van der Waals surface area contributed by atoms with E-state index >= 15 is 0 Å². The van der Waals surface area contributed by atoms with E-state index in [1.807, 2.05) is 0 Å². The second-order valence-electron chi connectivity index (χ2n) is 15.8. The Kier molecular flexibility index (Phi) is 9.57. The average molecular weight is 791 g/mol. The molecule has 0 fully saturated rings. The molecule has 1 heterocycles. The first-order valence-electron chi connectivity index (χ1n) is 21.3. The summed E-state index contributed by atoms with van der Waals surface area (Å²) in [5, 5.41) is 2.43. The van der Waals surface area contributed by atoms with Crippen molar-refractivity contribution in [3.05, 3.63) is 255 Å². The van der Waals surface area contributed by atoms with Gasteiger partial charge < -0.3 is 9.47 Å². The van der Waals surface area contributed by atoms with Crippen LogP contribution < -0.4 is 4.90 Å². The molecule has 0 aliphatic carbocycles. The van der Waals surface area contributed by atoms with Gasteiger partial charge in [-0.3, -0.25) is 0 Å². The third-order valence-corrected chi connectivity index (χ3v) is 12.0. The minimum atomic E-state index is 1.08.